The van der Waals surface area contributed by atoms with Crippen LogP contribution in [-0.4, -0.2) is 19.5 Å². The second-order valence-corrected chi connectivity index (χ2v) is 3.84. The topological polar surface area (TPSA) is 41.1 Å². The first kappa shape index (κ1) is 15.2. The molecule has 1 aromatic carbocycles. The summed E-state index contributed by atoms with van der Waals surface area (Å²) in [7, 11) is 1.82. The number of amides is 1. The maximum absolute atomic E-state index is 11.6. The summed E-state index contributed by atoms with van der Waals surface area (Å²) in [5, 5.41) is 6.30. The third kappa shape index (κ3) is 4.39. The summed E-state index contributed by atoms with van der Waals surface area (Å²) in [5.74, 6) is -0.108. The fourth-order valence-electron chi connectivity index (χ4n) is 1.22. The Kier molecular flexibility index (Phi) is 7.13. The van der Waals surface area contributed by atoms with Gasteiger partial charge in [0, 0.05) is 12.5 Å². The molecule has 0 aromatic heterocycles. The second-order valence-electron chi connectivity index (χ2n) is 3.43. The summed E-state index contributed by atoms with van der Waals surface area (Å²) in [5.41, 5.74) is 0.659. The minimum Gasteiger partial charge on any atom is -0.324 e. The number of carbonyl (C=O) groups excluding carboxylic acids is 1. The Morgan fingerprint density at radius 1 is 1.44 bits per heavy atom. The predicted octanol–water partition coefficient (Wildman–Crippen LogP) is 2.56. The lowest BCUT2D eigenvalue weighted by molar-refractivity contribution is -0.119. The second kappa shape index (κ2) is 7.49. The molecule has 0 aliphatic carbocycles. The van der Waals surface area contributed by atoms with E-state index in [1.165, 1.54) is 0 Å². The van der Waals surface area contributed by atoms with Crippen molar-refractivity contribution in [3.63, 3.8) is 0 Å². The van der Waals surface area contributed by atoms with Crippen LogP contribution in [0.1, 0.15) is 6.92 Å². The molecule has 1 atom stereocenters. The van der Waals surface area contributed by atoms with Crippen molar-refractivity contribution in [3.05, 3.63) is 29.3 Å². The summed E-state index contributed by atoms with van der Waals surface area (Å²) in [6.45, 7) is 2.51. The number of nitrogens with one attached hydrogen (secondary N) is 2. The number of benzene rings is 1. The summed E-state index contributed by atoms with van der Waals surface area (Å²) >= 11 is 5.92. The van der Waals surface area contributed by atoms with Gasteiger partial charge in [0.1, 0.15) is 0 Å². The standard InChI is InChI=1S/C11H15ClN2O.ClH/c1-8(7-13-2)11(15)14-10-6-4-3-5-9(10)12;/h3-6,8,13H,7H2,1-2H3,(H,14,15);1H. The third-order valence-electron chi connectivity index (χ3n) is 2.09. The average molecular weight is 263 g/mol. The molecular formula is C11H16Cl2N2O. The van der Waals surface area contributed by atoms with E-state index in [1.807, 2.05) is 26.1 Å². The van der Waals surface area contributed by atoms with Gasteiger partial charge in [-0.3, -0.25) is 4.79 Å². The van der Waals surface area contributed by atoms with E-state index in [2.05, 4.69) is 10.6 Å². The number of hydrogen-bond donors (Lipinski definition) is 2. The number of rotatable bonds is 4. The summed E-state index contributed by atoms with van der Waals surface area (Å²) in [4.78, 5) is 11.6. The van der Waals surface area contributed by atoms with E-state index in [9.17, 15) is 4.79 Å². The highest BCUT2D eigenvalue weighted by Gasteiger charge is 2.12. The molecule has 0 radical (unpaired) electrons. The van der Waals surface area contributed by atoms with E-state index in [1.54, 1.807) is 12.1 Å². The number of hydrogen-bond acceptors (Lipinski definition) is 2. The molecule has 5 heteroatoms. The Morgan fingerprint density at radius 3 is 2.62 bits per heavy atom. The van der Waals surface area contributed by atoms with Gasteiger partial charge in [0.2, 0.25) is 5.91 Å². The van der Waals surface area contributed by atoms with Gasteiger partial charge >= 0.3 is 0 Å². The van der Waals surface area contributed by atoms with Crippen LogP contribution in [0.15, 0.2) is 24.3 Å². The van der Waals surface area contributed by atoms with Crippen LogP contribution in [-0.2, 0) is 4.79 Å². The van der Waals surface area contributed by atoms with Crippen LogP contribution < -0.4 is 10.6 Å². The normalized spacial score (nSPS) is 11.4. The van der Waals surface area contributed by atoms with Crippen LogP contribution in [0.2, 0.25) is 5.02 Å². The molecule has 2 N–H and O–H groups in total. The van der Waals surface area contributed by atoms with Gasteiger partial charge in [-0.25, -0.2) is 0 Å². The lowest BCUT2D eigenvalue weighted by atomic mass is 10.1. The first-order chi connectivity index (χ1) is 7.15. The summed E-state index contributed by atoms with van der Waals surface area (Å²) < 4.78 is 0. The Bertz CT molecular complexity index is 345. The molecule has 16 heavy (non-hydrogen) atoms. The zero-order chi connectivity index (χ0) is 11.3. The van der Waals surface area contributed by atoms with Crippen LogP contribution in [0.4, 0.5) is 5.69 Å². The van der Waals surface area contributed by atoms with Gasteiger partial charge in [0.05, 0.1) is 10.7 Å². The Labute approximate surface area is 107 Å². The molecule has 0 bridgehead atoms. The van der Waals surface area contributed by atoms with Crippen molar-refractivity contribution < 1.29 is 4.79 Å². The molecule has 3 nitrogen and oxygen atoms in total. The zero-order valence-corrected chi connectivity index (χ0v) is 10.9. The van der Waals surface area contributed by atoms with Crippen molar-refractivity contribution in [2.45, 2.75) is 6.92 Å². The number of anilines is 1. The number of para-hydroxylation sites is 1. The van der Waals surface area contributed by atoms with Gasteiger partial charge in [0.25, 0.3) is 0 Å². The maximum Gasteiger partial charge on any atom is 0.228 e. The largest absolute Gasteiger partial charge is 0.324 e. The zero-order valence-electron chi connectivity index (χ0n) is 9.29. The fraction of sp³-hybridized carbons (Fsp3) is 0.364. The van der Waals surface area contributed by atoms with Crippen LogP contribution in [0.5, 0.6) is 0 Å². The number of carbonyl (C=O) groups is 1. The Morgan fingerprint density at radius 2 is 2.06 bits per heavy atom. The SMILES string of the molecule is CNCC(C)C(=O)Nc1ccccc1Cl.Cl. The van der Waals surface area contributed by atoms with E-state index in [4.69, 9.17) is 11.6 Å². The molecule has 0 heterocycles. The highest BCUT2D eigenvalue weighted by atomic mass is 35.5. The highest BCUT2D eigenvalue weighted by molar-refractivity contribution is 6.33. The quantitative estimate of drug-likeness (QED) is 0.876. The molecule has 0 aliphatic heterocycles. The number of halogens is 2. The lowest BCUT2D eigenvalue weighted by Crippen LogP contribution is -2.28. The first-order valence-electron chi connectivity index (χ1n) is 4.85. The summed E-state index contributed by atoms with van der Waals surface area (Å²) in [6, 6.07) is 7.20. The fourth-order valence-corrected chi connectivity index (χ4v) is 1.40. The van der Waals surface area contributed by atoms with Gasteiger partial charge in [-0.1, -0.05) is 30.7 Å². The smallest absolute Gasteiger partial charge is 0.228 e. The maximum atomic E-state index is 11.6. The molecule has 1 amide bonds. The van der Waals surface area contributed by atoms with Crippen molar-refractivity contribution in [1.82, 2.24) is 5.32 Å². The van der Waals surface area contributed by atoms with Crippen LogP contribution >= 0.6 is 24.0 Å². The molecule has 0 aliphatic rings. The highest BCUT2D eigenvalue weighted by Crippen LogP contribution is 2.20. The van der Waals surface area contributed by atoms with E-state index < -0.39 is 0 Å². The van der Waals surface area contributed by atoms with Crippen molar-refractivity contribution in [1.29, 1.82) is 0 Å². The lowest BCUT2D eigenvalue weighted by Gasteiger charge is -2.12. The van der Waals surface area contributed by atoms with Gasteiger partial charge in [0.15, 0.2) is 0 Å². The summed E-state index contributed by atoms with van der Waals surface area (Å²) in [6.07, 6.45) is 0. The molecule has 0 spiro atoms. The molecular weight excluding hydrogens is 247 g/mol. The van der Waals surface area contributed by atoms with Gasteiger partial charge in [-0.2, -0.15) is 0 Å². The van der Waals surface area contributed by atoms with E-state index >= 15 is 0 Å². The van der Waals surface area contributed by atoms with Crippen LogP contribution in [0, 0.1) is 5.92 Å². The first-order valence-corrected chi connectivity index (χ1v) is 5.23. The Hall–Kier alpha value is -0.770. The van der Waals surface area contributed by atoms with Gasteiger partial charge in [-0.05, 0) is 19.2 Å². The van der Waals surface area contributed by atoms with E-state index in [0.29, 0.717) is 17.3 Å². The van der Waals surface area contributed by atoms with Crippen LogP contribution in [0.25, 0.3) is 0 Å². The minimum absolute atomic E-state index is 0. The molecule has 0 saturated heterocycles. The predicted molar refractivity (Wildman–Crippen MR) is 70.4 cm³/mol. The van der Waals surface area contributed by atoms with Crippen molar-refractivity contribution >= 4 is 35.6 Å². The molecule has 90 valence electrons. The molecule has 1 aromatic rings. The molecule has 1 unspecified atom stereocenters. The monoisotopic (exact) mass is 262 g/mol. The average Bonchev–Trinajstić information content (AvgIpc) is 2.21. The van der Waals surface area contributed by atoms with Crippen LogP contribution in [0.3, 0.4) is 0 Å². The van der Waals surface area contributed by atoms with E-state index in [0.717, 1.165) is 0 Å². The van der Waals surface area contributed by atoms with Gasteiger partial charge < -0.3 is 10.6 Å². The minimum atomic E-state index is -0.0775. The van der Waals surface area contributed by atoms with Crippen molar-refractivity contribution in [2.24, 2.45) is 5.92 Å². The van der Waals surface area contributed by atoms with Gasteiger partial charge in [-0.15, -0.1) is 12.4 Å². The van der Waals surface area contributed by atoms with Crippen molar-refractivity contribution in [3.8, 4) is 0 Å². The molecule has 0 saturated carbocycles. The molecule has 0 fully saturated rings. The van der Waals surface area contributed by atoms with E-state index in [-0.39, 0.29) is 24.2 Å². The van der Waals surface area contributed by atoms with Crippen molar-refractivity contribution in [2.75, 3.05) is 18.9 Å². The Balaban J connectivity index is 0.00000225. The molecule has 1 rings (SSSR count). The third-order valence-corrected chi connectivity index (χ3v) is 2.42.